The van der Waals surface area contributed by atoms with E-state index in [9.17, 15) is 5.11 Å². The third-order valence-corrected chi connectivity index (χ3v) is 6.62. The van der Waals surface area contributed by atoms with Crippen molar-refractivity contribution in [2.24, 2.45) is 5.10 Å². The second-order valence-electron chi connectivity index (χ2n) is 7.88. The van der Waals surface area contributed by atoms with Crippen LogP contribution in [0, 0.1) is 13.8 Å². The van der Waals surface area contributed by atoms with Crippen LogP contribution in [0.15, 0.2) is 83.3 Å². The minimum Gasteiger partial charge on any atom is -0.508 e. The molecule has 0 saturated heterocycles. The fraction of sp³-hybridized carbons (Fsp3) is 0.154. The fourth-order valence-corrected chi connectivity index (χ4v) is 4.68. The number of phenols is 1. The van der Waals surface area contributed by atoms with Gasteiger partial charge in [0.1, 0.15) is 5.75 Å². The van der Waals surface area contributed by atoms with Crippen molar-refractivity contribution in [1.82, 2.24) is 4.98 Å². The number of benzene rings is 3. The van der Waals surface area contributed by atoms with Crippen LogP contribution in [-0.4, -0.2) is 15.8 Å². The molecule has 1 unspecified atom stereocenters. The van der Waals surface area contributed by atoms with E-state index in [4.69, 9.17) is 10.1 Å². The zero-order chi connectivity index (χ0) is 21.4. The lowest BCUT2D eigenvalue weighted by Gasteiger charge is -2.21. The Hall–Kier alpha value is -3.44. The number of hydrogen-bond donors (Lipinski definition) is 1. The number of nitrogens with zero attached hydrogens (tertiary/aromatic N) is 3. The van der Waals surface area contributed by atoms with Crippen LogP contribution in [0.2, 0.25) is 0 Å². The van der Waals surface area contributed by atoms with Crippen molar-refractivity contribution in [3.05, 3.63) is 100 Å². The third kappa shape index (κ3) is 3.84. The number of aromatic nitrogens is 1. The zero-order valence-corrected chi connectivity index (χ0v) is 18.3. The molecule has 1 aliphatic rings. The van der Waals surface area contributed by atoms with Gasteiger partial charge in [0.15, 0.2) is 0 Å². The molecule has 0 radical (unpaired) electrons. The molecule has 3 aromatic carbocycles. The molecule has 1 aromatic heterocycles. The Bertz CT molecular complexity index is 1250. The molecule has 4 aromatic rings. The first-order chi connectivity index (χ1) is 15.1. The summed E-state index contributed by atoms with van der Waals surface area (Å²) in [6.07, 6.45) is 0.785. The average Bonchev–Trinajstić information content (AvgIpc) is 3.44. The van der Waals surface area contributed by atoms with Gasteiger partial charge < -0.3 is 5.11 Å². The lowest BCUT2D eigenvalue weighted by atomic mass is 9.96. The summed E-state index contributed by atoms with van der Waals surface area (Å²) in [6.45, 7) is 4.26. The van der Waals surface area contributed by atoms with Crippen LogP contribution < -0.4 is 5.01 Å². The Morgan fingerprint density at radius 2 is 1.68 bits per heavy atom. The smallest absolute Gasteiger partial charge is 0.207 e. The first-order valence-electron chi connectivity index (χ1n) is 10.3. The summed E-state index contributed by atoms with van der Waals surface area (Å²) < 4.78 is 0. The Labute approximate surface area is 186 Å². The predicted octanol–water partition coefficient (Wildman–Crippen LogP) is 6.49. The van der Waals surface area contributed by atoms with Crippen molar-refractivity contribution in [3.8, 4) is 17.0 Å². The van der Waals surface area contributed by atoms with Crippen LogP contribution >= 0.6 is 11.3 Å². The monoisotopic (exact) mass is 425 g/mol. The second-order valence-corrected chi connectivity index (χ2v) is 8.72. The van der Waals surface area contributed by atoms with E-state index in [1.54, 1.807) is 23.5 Å². The Morgan fingerprint density at radius 1 is 0.903 bits per heavy atom. The van der Waals surface area contributed by atoms with Gasteiger partial charge in [0.25, 0.3) is 0 Å². The van der Waals surface area contributed by atoms with Gasteiger partial charge in [-0.15, -0.1) is 11.3 Å². The minimum absolute atomic E-state index is 0.0342. The van der Waals surface area contributed by atoms with E-state index in [2.05, 4.69) is 49.6 Å². The van der Waals surface area contributed by atoms with Gasteiger partial charge in [0, 0.05) is 17.4 Å². The highest BCUT2D eigenvalue weighted by atomic mass is 32.1. The van der Waals surface area contributed by atoms with Gasteiger partial charge in [-0.3, -0.25) is 0 Å². The van der Waals surface area contributed by atoms with Crippen molar-refractivity contribution in [2.45, 2.75) is 26.3 Å². The van der Waals surface area contributed by atoms with Gasteiger partial charge in [-0.25, -0.2) is 9.99 Å². The molecular formula is C26H23N3OS. The lowest BCUT2D eigenvalue weighted by molar-refractivity contribution is 0.475. The third-order valence-electron chi connectivity index (χ3n) is 5.79. The number of aryl methyl sites for hydroxylation is 2. The molecule has 0 saturated carbocycles. The number of aromatic hydroxyl groups is 1. The quantitative estimate of drug-likeness (QED) is 0.407. The van der Waals surface area contributed by atoms with Gasteiger partial charge >= 0.3 is 0 Å². The highest BCUT2D eigenvalue weighted by Crippen LogP contribution is 2.39. The fourth-order valence-electron chi connectivity index (χ4n) is 3.85. The van der Waals surface area contributed by atoms with Crippen LogP contribution in [0.3, 0.4) is 0 Å². The highest BCUT2D eigenvalue weighted by Gasteiger charge is 2.32. The largest absolute Gasteiger partial charge is 0.508 e. The van der Waals surface area contributed by atoms with E-state index >= 15 is 0 Å². The topological polar surface area (TPSA) is 48.7 Å². The summed E-state index contributed by atoms with van der Waals surface area (Å²) in [7, 11) is 0. The van der Waals surface area contributed by atoms with Crippen molar-refractivity contribution < 1.29 is 5.11 Å². The number of thiazole rings is 1. The maximum absolute atomic E-state index is 9.75. The number of hydrogen-bond acceptors (Lipinski definition) is 5. The normalized spacial score (nSPS) is 15.9. The highest BCUT2D eigenvalue weighted by molar-refractivity contribution is 7.14. The van der Waals surface area contributed by atoms with Crippen molar-refractivity contribution >= 4 is 22.2 Å². The molecule has 0 bridgehead atoms. The first kappa shape index (κ1) is 19.5. The molecule has 1 aliphatic heterocycles. The van der Waals surface area contributed by atoms with Crippen LogP contribution in [-0.2, 0) is 0 Å². The van der Waals surface area contributed by atoms with E-state index in [1.807, 2.05) is 35.3 Å². The maximum atomic E-state index is 9.75. The molecule has 5 rings (SSSR count). The summed E-state index contributed by atoms with van der Waals surface area (Å²) in [5, 5.41) is 19.8. The summed E-state index contributed by atoms with van der Waals surface area (Å²) >= 11 is 1.60. The Balaban J connectivity index is 1.55. The minimum atomic E-state index is 0.0342. The van der Waals surface area contributed by atoms with Gasteiger partial charge in [0.2, 0.25) is 5.13 Å². The van der Waals surface area contributed by atoms with Gasteiger partial charge in [0.05, 0.1) is 17.4 Å². The van der Waals surface area contributed by atoms with Crippen LogP contribution in [0.4, 0.5) is 5.13 Å². The molecule has 1 N–H and O–H groups in total. The predicted molar refractivity (Wildman–Crippen MR) is 128 cm³/mol. The standard InChI is InChI=1S/C26H23N3OS/c1-17-8-9-21(14-18(17)2)23-15-25(20-10-12-22(30)13-11-20)29(28-23)26-27-24(16-31-26)19-6-4-3-5-7-19/h3-14,16,25,30H,15H2,1-2H3. The summed E-state index contributed by atoms with van der Waals surface area (Å²) in [5.74, 6) is 0.268. The molecule has 154 valence electrons. The van der Waals surface area contributed by atoms with E-state index in [0.29, 0.717) is 0 Å². The molecule has 0 fully saturated rings. The summed E-state index contributed by atoms with van der Waals surface area (Å²) in [4.78, 5) is 4.90. The SMILES string of the molecule is Cc1ccc(C2=NN(c3nc(-c4ccccc4)cs3)C(c3ccc(O)cc3)C2)cc1C. The number of rotatable bonds is 4. The van der Waals surface area contributed by atoms with Crippen LogP contribution in [0.25, 0.3) is 11.3 Å². The molecule has 5 heteroatoms. The second kappa shape index (κ2) is 8.00. The molecule has 0 aliphatic carbocycles. The van der Waals surface area contributed by atoms with Gasteiger partial charge in [-0.2, -0.15) is 5.10 Å². The van der Waals surface area contributed by atoms with E-state index in [0.717, 1.165) is 39.6 Å². The first-order valence-corrected chi connectivity index (χ1v) is 11.2. The molecule has 1 atom stereocenters. The van der Waals surface area contributed by atoms with E-state index in [-0.39, 0.29) is 11.8 Å². The number of anilines is 1. The van der Waals surface area contributed by atoms with Crippen molar-refractivity contribution in [3.63, 3.8) is 0 Å². The van der Waals surface area contributed by atoms with Gasteiger partial charge in [-0.05, 0) is 54.3 Å². The number of hydrazone groups is 1. The molecule has 0 amide bonds. The lowest BCUT2D eigenvalue weighted by Crippen LogP contribution is -2.18. The van der Waals surface area contributed by atoms with Crippen molar-refractivity contribution in [2.75, 3.05) is 5.01 Å². The van der Waals surface area contributed by atoms with Crippen LogP contribution in [0.5, 0.6) is 5.75 Å². The molecule has 31 heavy (non-hydrogen) atoms. The van der Waals surface area contributed by atoms with E-state index < -0.39 is 0 Å². The summed E-state index contributed by atoms with van der Waals surface area (Å²) in [5.41, 5.74) is 7.91. The Morgan fingerprint density at radius 3 is 2.42 bits per heavy atom. The van der Waals surface area contributed by atoms with Crippen molar-refractivity contribution in [1.29, 1.82) is 0 Å². The van der Waals surface area contributed by atoms with E-state index in [1.165, 1.54) is 11.1 Å². The van der Waals surface area contributed by atoms with Gasteiger partial charge in [-0.1, -0.05) is 54.6 Å². The summed E-state index contributed by atoms with van der Waals surface area (Å²) in [6, 6.07) is 24.2. The molecule has 2 heterocycles. The Kier molecular flexibility index (Phi) is 5.04. The molecule has 4 nitrogen and oxygen atoms in total. The average molecular weight is 426 g/mol. The maximum Gasteiger partial charge on any atom is 0.207 e. The molecular weight excluding hydrogens is 402 g/mol. The number of phenolic OH excluding ortho intramolecular Hbond substituents is 1. The molecule has 0 spiro atoms. The zero-order valence-electron chi connectivity index (χ0n) is 17.5. The van der Waals surface area contributed by atoms with Crippen LogP contribution in [0.1, 0.15) is 34.7 Å².